The Morgan fingerprint density at radius 1 is 1.09 bits per heavy atom. The van der Waals surface area contributed by atoms with Crippen LogP contribution >= 0.6 is 11.3 Å². The van der Waals surface area contributed by atoms with E-state index >= 15 is 0 Å². The average molecular weight is 496 g/mol. The molecule has 0 radical (unpaired) electrons. The summed E-state index contributed by atoms with van der Waals surface area (Å²) >= 11 is 1.53. The first-order valence-corrected chi connectivity index (χ1v) is 12.5. The molecule has 9 heteroatoms. The van der Waals surface area contributed by atoms with Gasteiger partial charge in [-0.1, -0.05) is 42.5 Å². The maximum Gasteiger partial charge on any atom is 0.411 e. The van der Waals surface area contributed by atoms with Crippen LogP contribution in [0.3, 0.4) is 0 Å². The lowest BCUT2D eigenvalue weighted by Gasteiger charge is -2.29. The summed E-state index contributed by atoms with van der Waals surface area (Å²) < 4.78 is 11.2. The van der Waals surface area contributed by atoms with E-state index in [4.69, 9.17) is 19.6 Å². The zero-order valence-electron chi connectivity index (χ0n) is 19.4. The molecule has 1 aliphatic heterocycles. The molecule has 1 aliphatic rings. The summed E-state index contributed by atoms with van der Waals surface area (Å²) in [5.41, 5.74) is 3.56. The minimum Gasteiger partial charge on any atom is -0.465 e. The van der Waals surface area contributed by atoms with Crippen LogP contribution < -0.4 is 5.32 Å². The fraction of sp³-hybridized carbons (Fsp3) is 0.346. The fourth-order valence-corrected chi connectivity index (χ4v) is 4.79. The normalized spacial score (nSPS) is 14.0. The molecule has 3 aromatic rings. The number of carbonyl (C=O) groups excluding carboxylic acids is 1. The molecule has 0 atom stereocenters. The highest BCUT2D eigenvalue weighted by atomic mass is 32.1. The molecule has 4 rings (SSSR count). The Balaban J connectivity index is 1.26. The predicted molar refractivity (Wildman–Crippen MR) is 135 cm³/mol. The number of hydrogen-bond acceptors (Lipinski definition) is 6. The Bertz CT molecular complexity index is 1110. The molecule has 8 nitrogen and oxygen atoms in total. The van der Waals surface area contributed by atoms with Crippen LogP contribution in [0.1, 0.15) is 24.1 Å². The van der Waals surface area contributed by atoms with Crippen LogP contribution in [-0.4, -0.2) is 53.5 Å². The Hall–Kier alpha value is -3.43. The number of rotatable bonds is 9. The highest BCUT2D eigenvalue weighted by Gasteiger charge is 2.23. The number of piperidine rings is 1. The second-order valence-electron chi connectivity index (χ2n) is 8.41. The lowest BCUT2D eigenvalue weighted by molar-refractivity contribution is 0.0948. The van der Waals surface area contributed by atoms with E-state index in [9.17, 15) is 9.59 Å². The molecule has 0 unspecified atom stereocenters. The molecule has 0 bridgehead atoms. The summed E-state index contributed by atoms with van der Waals surface area (Å²) in [4.78, 5) is 29.6. The Kier molecular flexibility index (Phi) is 8.69. The largest absolute Gasteiger partial charge is 0.465 e. The van der Waals surface area contributed by atoms with Crippen molar-refractivity contribution < 1.29 is 24.2 Å². The van der Waals surface area contributed by atoms with Gasteiger partial charge in [0.25, 0.3) is 0 Å². The number of ether oxygens (including phenoxy) is 2. The monoisotopic (exact) mass is 495 g/mol. The number of hydrogen-bond donors (Lipinski definition) is 2. The molecule has 2 aromatic carbocycles. The highest BCUT2D eigenvalue weighted by molar-refractivity contribution is 7.13. The first-order chi connectivity index (χ1) is 17.1. The van der Waals surface area contributed by atoms with Gasteiger partial charge in [0, 0.05) is 30.5 Å². The third-order valence-corrected chi connectivity index (χ3v) is 6.82. The van der Waals surface area contributed by atoms with Gasteiger partial charge in [0.2, 0.25) is 0 Å². The number of likely N-dealkylation sites (tertiary alicyclic amines) is 1. The van der Waals surface area contributed by atoms with E-state index in [1.807, 2.05) is 60.0 Å². The molecule has 184 valence electrons. The summed E-state index contributed by atoms with van der Waals surface area (Å²) in [5, 5.41) is 14.7. The lowest BCUT2D eigenvalue weighted by Crippen LogP contribution is -2.38. The van der Waals surface area contributed by atoms with E-state index in [1.54, 1.807) is 0 Å². The molecular formula is C26H29N3O5S. The van der Waals surface area contributed by atoms with Crippen molar-refractivity contribution in [3.63, 3.8) is 0 Å². The first kappa shape index (κ1) is 24.7. The zero-order valence-corrected chi connectivity index (χ0v) is 20.2. The van der Waals surface area contributed by atoms with Crippen LogP contribution in [0.5, 0.6) is 0 Å². The topological polar surface area (TPSA) is 101 Å². The third kappa shape index (κ3) is 7.27. The van der Waals surface area contributed by atoms with Crippen molar-refractivity contribution in [1.29, 1.82) is 0 Å². The molecule has 1 aromatic heterocycles. The second kappa shape index (κ2) is 12.3. The van der Waals surface area contributed by atoms with Crippen molar-refractivity contribution >= 4 is 29.2 Å². The van der Waals surface area contributed by atoms with Gasteiger partial charge in [-0.2, -0.15) is 0 Å². The summed E-state index contributed by atoms with van der Waals surface area (Å²) in [6, 6.07) is 17.6. The van der Waals surface area contributed by atoms with E-state index in [0.29, 0.717) is 51.3 Å². The van der Waals surface area contributed by atoms with Crippen LogP contribution in [0.4, 0.5) is 15.3 Å². The molecular weight excluding hydrogens is 466 g/mol. The Morgan fingerprint density at radius 3 is 2.60 bits per heavy atom. The molecule has 35 heavy (non-hydrogen) atoms. The SMILES string of the molecule is O=C(Nc1ccccc1-c1nc(CCOCc2ccccc2)cs1)OCC1CCN(C(=O)O)CC1. The summed E-state index contributed by atoms with van der Waals surface area (Å²) in [5.74, 6) is 0.164. The number of nitrogens with one attached hydrogen (secondary N) is 1. The zero-order chi connectivity index (χ0) is 24.5. The fourth-order valence-electron chi connectivity index (χ4n) is 3.90. The molecule has 0 aliphatic carbocycles. The standard InChI is InChI=1S/C26H29N3O5S/c30-25(34-17-20-10-13-29(14-11-20)26(31)32)28-23-9-5-4-8-22(23)24-27-21(18-35-24)12-15-33-16-19-6-2-1-3-7-19/h1-9,18,20H,10-17H2,(H,28,30)(H,31,32). The minimum absolute atomic E-state index is 0.164. The maximum absolute atomic E-state index is 12.4. The minimum atomic E-state index is -0.899. The van der Waals surface area contributed by atoms with Gasteiger partial charge in [-0.15, -0.1) is 11.3 Å². The predicted octanol–water partition coefficient (Wildman–Crippen LogP) is 5.51. The van der Waals surface area contributed by atoms with Crippen LogP contribution in [0, 0.1) is 5.92 Å². The first-order valence-electron chi connectivity index (χ1n) is 11.7. The summed E-state index contributed by atoms with van der Waals surface area (Å²) in [6.07, 6.45) is 0.662. The summed E-state index contributed by atoms with van der Waals surface area (Å²) in [7, 11) is 0. The van der Waals surface area contributed by atoms with Gasteiger partial charge >= 0.3 is 12.2 Å². The molecule has 1 fully saturated rings. The average Bonchev–Trinajstić information content (AvgIpc) is 3.35. The van der Waals surface area contributed by atoms with Crippen molar-refractivity contribution in [2.75, 3.05) is 31.6 Å². The van der Waals surface area contributed by atoms with Crippen LogP contribution in [0.15, 0.2) is 60.0 Å². The van der Waals surface area contributed by atoms with Gasteiger partial charge in [-0.25, -0.2) is 14.6 Å². The van der Waals surface area contributed by atoms with E-state index in [-0.39, 0.29) is 12.5 Å². The number of amides is 2. The molecule has 0 spiro atoms. The van der Waals surface area contributed by atoms with Crippen molar-refractivity contribution in [1.82, 2.24) is 9.88 Å². The number of anilines is 1. The van der Waals surface area contributed by atoms with Crippen molar-refractivity contribution in [3.05, 3.63) is 71.2 Å². The van der Waals surface area contributed by atoms with E-state index in [0.717, 1.165) is 21.8 Å². The molecule has 2 amide bonds. The van der Waals surface area contributed by atoms with E-state index < -0.39 is 12.2 Å². The number of para-hydroxylation sites is 1. The smallest absolute Gasteiger partial charge is 0.411 e. The van der Waals surface area contributed by atoms with E-state index in [1.165, 1.54) is 16.2 Å². The Labute approximate surface area is 208 Å². The molecule has 0 saturated carbocycles. The number of thiazole rings is 1. The molecule has 2 N–H and O–H groups in total. The van der Waals surface area contributed by atoms with Gasteiger partial charge < -0.3 is 19.5 Å². The van der Waals surface area contributed by atoms with Gasteiger partial charge in [0.15, 0.2) is 0 Å². The van der Waals surface area contributed by atoms with Gasteiger partial charge in [-0.3, -0.25) is 5.32 Å². The van der Waals surface area contributed by atoms with Crippen LogP contribution in [0.2, 0.25) is 0 Å². The van der Waals surface area contributed by atoms with Gasteiger partial charge in [-0.05, 0) is 36.5 Å². The lowest BCUT2D eigenvalue weighted by atomic mass is 9.98. The third-order valence-electron chi connectivity index (χ3n) is 5.90. The van der Waals surface area contributed by atoms with Gasteiger partial charge in [0.1, 0.15) is 5.01 Å². The van der Waals surface area contributed by atoms with E-state index in [2.05, 4.69) is 5.32 Å². The number of nitrogens with zero attached hydrogens (tertiary/aromatic N) is 2. The van der Waals surface area contributed by atoms with Crippen LogP contribution in [0.25, 0.3) is 10.6 Å². The number of carbonyl (C=O) groups is 2. The highest BCUT2D eigenvalue weighted by Crippen LogP contribution is 2.31. The maximum atomic E-state index is 12.4. The quantitative estimate of drug-likeness (QED) is 0.380. The molecule has 1 saturated heterocycles. The van der Waals surface area contributed by atoms with Crippen molar-refractivity contribution in [2.24, 2.45) is 5.92 Å². The van der Waals surface area contributed by atoms with Crippen molar-refractivity contribution in [2.45, 2.75) is 25.9 Å². The Morgan fingerprint density at radius 2 is 1.83 bits per heavy atom. The van der Waals surface area contributed by atoms with Crippen LogP contribution in [-0.2, 0) is 22.5 Å². The number of benzene rings is 2. The van der Waals surface area contributed by atoms with Gasteiger partial charge in [0.05, 0.1) is 31.2 Å². The number of aromatic nitrogens is 1. The number of carboxylic acid groups (broad SMARTS) is 1. The van der Waals surface area contributed by atoms with Crippen molar-refractivity contribution in [3.8, 4) is 10.6 Å². The summed E-state index contributed by atoms with van der Waals surface area (Å²) in [6.45, 7) is 2.36. The molecule has 2 heterocycles. The second-order valence-corrected chi connectivity index (χ2v) is 9.27.